The number of nitrogens with zero attached hydrogens (tertiary/aromatic N) is 2. The molecule has 0 radical (unpaired) electrons. The van der Waals surface area contributed by atoms with Crippen LogP contribution in [0, 0.1) is 0 Å². The zero-order chi connectivity index (χ0) is 24.9. The van der Waals surface area contributed by atoms with Crippen LogP contribution < -0.4 is 20.3 Å². The summed E-state index contributed by atoms with van der Waals surface area (Å²) in [4.78, 5) is 39.0. The van der Waals surface area contributed by atoms with Crippen LogP contribution in [0.25, 0.3) is 16.5 Å². The predicted octanol–water partition coefficient (Wildman–Crippen LogP) is 3.82. The van der Waals surface area contributed by atoms with E-state index in [2.05, 4.69) is 10.4 Å². The lowest BCUT2D eigenvalue weighted by molar-refractivity contribution is -0.115. The van der Waals surface area contributed by atoms with Crippen LogP contribution >= 0.6 is 11.3 Å². The van der Waals surface area contributed by atoms with Crippen molar-refractivity contribution in [2.75, 3.05) is 26.1 Å². The number of carbonyl (C=O) groups is 2. The fourth-order valence-corrected chi connectivity index (χ4v) is 4.46. The fourth-order valence-electron chi connectivity index (χ4n) is 3.51. The molecule has 10 heteroatoms. The van der Waals surface area contributed by atoms with Crippen LogP contribution in [0.1, 0.15) is 23.0 Å². The minimum absolute atomic E-state index is 0.0174. The highest BCUT2D eigenvalue weighted by Gasteiger charge is 2.23. The molecule has 0 atom stereocenters. The van der Waals surface area contributed by atoms with Crippen LogP contribution in [0.2, 0.25) is 0 Å². The van der Waals surface area contributed by atoms with Gasteiger partial charge in [-0.25, -0.2) is 4.79 Å². The Morgan fingerprint density at radius 3 is 2.49 bits per heavy atom. The molecule has 2 aromatic carbocycles. The number of benzene rings is 2. The maximum absolute atomic E-state index is 13.5. The van der Waals surface area contributed by atoms with Crippen LogP contribution in [0.3, 0.4) is 0 Å². The van der Waals surface area contributed by atoms with E-state index in [1.807, 2.05) is 0 Å². The van der Waals surface area contributed by atoms with Crippen molar-refractivity contribution in [3.63, 3.8) is 0 Å². The maximum Gasteiger partial charge on any atom is 0.359 e. The molecule has 0 unspecified atom stereocenters. The van der Waals surface area contributed by atoms with Crippen LogP contribution in [0.5, 0.6) is 11.5 Å². The highest BCUT2D eigenvalue weighted by Crippen LogP contribution is 2.31. The van der Waals surface area contributed by atoms with Gasteiger partial charge in [-0.1, -0.05) is 18.2 Å². The van der Waals surface area contributed by atoms with Gasteiger partial charge < -0.3 is 19.5 Å². The highest BCUT2D eigenvalue weighted by atomic mass is 32.1. The van der Waals surface area contributed by atoms with Crippen molar-refractivity contribution in [3.05, 3.63) is 75.5 Å². The summed E-state index contributed by atoms with van der Waals surface area (Å²) in [5.41, 5.74) is 0.689. The van der Waals surface area contributed by atoms with Gasteiger partial charge in [-0.3, -0.25) is 9.59 Å². The minimum Gasteiger partial charge on any atom is -0.497 e. The van der Waals surface area contributed by atoms with E-state index in [-0.39, 0.29) is 30.0 Å². The van der Waals surface area contributed by atoms with Gasteiger partial charge in [-0.15, -0.1) is 11.3 Å². The molecule has 1 N–H and O–H groups in total. The Kier molecular flexibility index (Phi) is 7.11. The maximum atomic E-state index is 13.5. The molecule has 0 fully saturated rings. The number of nitrogens with one attached hydrogen (secondary N) is 1. The molecule has 0 aliphatic heterocycles. The Labute approximate surface area is 204 Å². The summed E-state index contributed by atoms with van der Waals surface area (Å²) >= 11 is 1.15. The molecule has 0 saturated heterocycles. The smallest absolute Gasteiger partial charge is 0.359 e. The summed E-state index contributed by atoms with van der Waals surface area (Å²) in [6.07, 6.45) is 0.100. The second-order valence-corrected chi connectivity index (χ2v) is 8.29. The van der Waals surface area contributed by atoms with E-state index in [1.54, 1.807) is 67.9 Å². The number of fused-ring (bicyclic) bond motifs is 1. The molecule has 0 aliphatic rings. The number of anilines is 1. The number of amides is 1. The van der Waals surface area contributed by atoms with Crippen molar-refractivity contribution >= 4 is 39.0 Å². The Bertz CT molecular complexity index is 1440. The van der Waals surface area contributed by atoms with E-state index in [1.165, 1.54) is 7.11 Å². The Hall–Kier alpha value is -4.18. The Balaban J connectivity index is 1.76. The molecule has 2 heterocycles. The molecule has 4 aromatic rings. The number of esters is 1. The third kappa shape index (κ3) is 5.02. The topological polar surface area (TPSA) is 109 Å². The number of aromatic nitrogens is 2. The zero-order valence-corrected chi connectivity index (χ0v) is 20.2. The first-order valence-electron chi connectivity index (χ1n) is 10.7. The monoisotopic (exact) mass is 493 g/mol. The third-order valence-corrected chi connectivity index (χ3v) is 6.09. The number of rotatable bonds is 8. The molecule has 9 nitrogen and oxygen atoms in total. The van der Waals surface area contributed by atoms with Crippen molar-refractivity contribution in [1.29, 1.82) is 0 Å². The van der Waals surface area contributed by atoms with E-state index in [0.717, 1.165) is 21.6 Å². The fraction of sp³-hybridized carbons (Fsp3) is 0.200. The van der Waals surface area contributed by atoms with Crippen LogP contribution in [-0.2, 0) is 16.0 Å². The molecule has 0 saturated carbocycles. The highest BCUT2D eigenvalue weighted by molar-refractivity contribution is 7.16. The second kappa shape index (κ2) is 10.4. The van der Waals surface area contributed by atoms with Gasteiger partial charge >= 0.3 is 5.97 Å². The molecule has 180 valence electrons. The minimum atomic E-state index is -0.664. The lowest BCUT2D eigenvalue weighted by Gasteiger charge is -2.11. The van der Waals surface area contributed by atoms with E-state index >= 15 is 0 Å². The first-order chi connectivity index (χ1) is 16.9. The molecule has 0 bridgehead atoms. The van der Waals surface area contributed by atoms with E-state index in [0.29, 0.717) is 27.6 Å². The second-order valence-electron chi connectivity index (χ2n) is 7.41. The third-order valence-electron chi connectivity index (χ3n) is 5.20. The molecular weight excluding hydrogens is 470 g/mol. The number of methoxy groups -OCH3 is 2. The number of hydrogen-bond donors (Lipinski definition) is 1. The lowest BCUT2D eigenvalue weighted by Crippen LogP contribution is -2.25. The molecule has 2 aromatic heterocycles. The lowest BCUT2D eigenvalue weighted by atomic mass is 10.1. The van der Waals surface area contributed by atoms with Gasteiger partial charge in [0.2, 0.25) is 5.91 Å². The summed E-state index contributed by atoms with van der Waals surface area (Å²) in [7, 11) is 3.08. The quantitative estimate of drug-likeness (QED) is 0.372. The number of ether oxygens (including phenoxy) is 3. The predicted molar refractivity (Wildman–Crippen MR) is 133 cm³/mol. The van der Waals surface area contributed by atoms with Gasteiger partial charge in [0.25, 0.3) is 5.56 Å². The summed E-state index contributed by atoms with van der Waals surface area (Å²) in [5, 5.41) is 9.55. The summed E-state index contributed by atoms with van der Waals surface area (Å²) in [6.45, 7) is 1.83. The normalized spacial score (nSPS) is 10.7. The van der Waals surface area contributed by atoms with Crippen molar-refractivity contribution in [2.24, 2.45) is 0 Å². The van der Waals surface area contributed by atoms with Crippen molar-refractivity contribution in [2.45, 2.75) is 13.3 Å². The van der Waals surface area contributed by atoms with Gasteiger partial charge in [0, 0.05) is 16.8 Å². The molecule has 4 rings (SSSR count). The van der Waals surface area contributed by atoms with Crippen LogP contribution in [0.4, 0.5) is 5.00 Å². The SMILES string of the molecule is CCOC(=O)c1nn(-c2cccc(OC)c2)c(=O)c2c(NC(=O)Cc3ccc(OC)cc3)scc12. The van der Waals surface area contributed by atoms with Crippen molar-refractivity contribution in [1.82, 2.24) is 9.78 Å². The van der Waals surface area contributed by atoms with E-state index < -0.39 is 11.5 Å². The Morgan fingerprint density at radius 1 is 1.06 bits per heavy atom. The number of carbonyl (C=O) groups excluding carboxylic acids is 2. The molecule has 0 aliphatic carbocycles. The summed E-state index contributed by atoms with van der Waals surface area (Å²) < 4.78 is 16.7. The average Bonchev–Trinajstić information content (AvgIpc) is 3.28. The van der Waals surface area contributed by atoms with Gasteiger partial charge in [0.15, 0.2) is 5.69 Å². The molecule has 0 spiro atoms. The largest absolute Gasteiger partial charge is 0.497 e. The van der Waals surface area contributed by atoms with Gasteiger partial charge in [0.1, 0.15) is 16.5 Å². The molecular formula is C25H23N3O6S. The van der Waals surface area contributed by atoms with E-state index in [9.17, 15) is 14.4 Å². The first kappa shape index (κ1) is 24.0. The van der Waals surface area contributed by atoms with Gasteiger partial charge in [-0.05, 0) is 36.8 Å². The number of hydrogen-bond acceptors (Lipinski definition) is 8. The molecule has 35 heavy (non-hydrogen) atoms. The van der Waals surface area contributed by atoms with Crippen LogP contribution in [0.15, 0.2) is 58.7 Å². The first-order valence-corrected chi connectivity index (χ1v) is 11.6. The zero-order valence-electron chi connectivity index (χ0n) is 19.4. The standard InChI is InChI=1S/C25H23N3O6S/c1-4-34-25(31)22-19-14-35-23(26-20(29)12-15-8-10-17(32-2)11-9-15)21(19)24(30)28(27-22)16-6-5-7-18(13-16)33-3/h5-11,13-14H,4,12H2,1-3H3,(H,26,29). The van der Waals surface area contributed by atoms with Crippen molar-refractivity contribution in [3.8, 4) is 17.2 Å². The summed E-state index contributed by atoms with van der Waals surface area (Å²) in [5.74, 6) is 0.242. The van der Waals surface area contributed by atoms with Crippen LogP contribution in [-0.4, -0.2) is 42.5 Å². The van der Waals surface area contributed by atoms with E-state index in [4.69, 9.17) is 14.2 Å². The Morgan fingerprint density at radius 2 is 1.80 bits per heavy atom. The average molecular weight is 494 g/mol. The molecule has 1 amide bonds. The number of thiophene rings is 1. The van der Waals surface area contributed by atoms with Crippen molar-refractivity contribution < 1.29 is 23.8 Å². The van der Waals surface area contributed by atoms with Gasteiger partial charge in [-0.2, -0.15) is 9.78 Å². The summed E-state index contributed by atoms with van der Waals surface area (Å²) in [6, 6.07) is 13.9. The van der Waals surface area contributed by atoms with Gasteiger partial charge in [0.05, 0.1) is 38.3 Å².